The third-order valence-electron chi connectivity index (χ3n) is 4.34. The van der Waals surface area contributed by atoms with E-state index in [0.717, 1.165) is 50.4 Å². The highest BCUT2D eigenvalue weighted by molar-refractivity contribution is 7.22. The second-order valence-electron chi connectivity index (χ2n) is 5.74. The average Bonchev–Trinajstić information content (AvgIpc) is 2.88. The first kappa shape index (κ1) is 15.9. The predicted molar refractivity (Wildman–Crippen MR) is 105 cm³/mol. The second-order valence-corrected chi connectivity index (χ2v) is 7.62. The van der Waals surface area contributed by atoms with E-state index in [2.05, 4.69) is 12.2 Å². The van der Waals surface area contributed by atoms with Crippen molar-refractivity contribution in [2.75, 3.05) is 5.73 Å². The Morgan fingerprint density at radius 3 is 2.83 bits per heavy atom. The molecular formula is C18H15Cl2N3S. The van der Waals surface area contributed by atoms with E-state index in [0.29, 0.717) is 16.6 Å². The summed E-state index contributed by atoms with van der Waals surface area (Å²) in [6.45, 7) is 0.375. The number of pyridine rings is 1. The summed E-state index contributed by atoms with van der Waals surface area (Å²) in [4.78, 5) is 5.71. The van der Waals surface area contributed by atoms with Gasteiger partial charge in [-0.3, -0.25) is 0 Å². The van der Waals surface area contributed by atoms with Gasteiger partial charge in [0, 0.05) is 33.1 Å². The van der Waals surface area contributed by atoms with E-state index in [4.69, 9.17) is 39.7 Å². The Hall–Kier alpha value is -1.59. The molecule has 4 rings (SSSR count). The van der Waals surface area contributed by atoms with Gasteiger partial charge in [-0.1, -0.05) is 46.7 Å². The van der Waals surface area contributed by atoms with E-state index >= 15 is 0 Å². The quantitative estimate of drug-likeness (QED) is 0.640. The zero-order valence-electron chi connectivity index (χ0n) is 12.8. The highest BCUT2D eigenvalue weighted by atomic mass is 35.5. The largest absolute Gasteiger partial charge is 0.390 e. The van der Waals surface area contributed by atoms with Crippen LogP contribution in [0.4, 0.5) is 5.00 Å². The number of nitrogen functional groups attached to an aromatic ring is 1. The first-order valence-corrected chi connectivity index (χ1v) is 9.23. The van der Waals surface area contributed by atoms with Crippen molar-refractivity contribution in [3.8, 4) is 11.1 Å². The fraction of sp³-hybridized carbons (Fsp3) is 0.167. The summed E-state index contributed by atoms with van der Waals surface area (Å²) in [6, 6.07) is 5.59. The number of thiophene rings is 1. The number of hydrogen-bond donors (Lipinski definition) is 2. The second kappa shape index (κ2) is 6.05. The van der Waals surface area contributed by atoms with Gasteiger partial charge in [0.05, 0.1) is 10.7 Å². The van der Waals surface area contributed by atoms with Crippen molar-refractivity contribution in [3.63, 3.8) is 0 Å². The molecule has 0 atom stereocenters. The number of nitrogens with two attached hydrogens (primary N) is 2. The van der Waals surface area contributed by atoms with Crippen LogP contribution in [0, 0.1) is 0 Å². The third-order valence-corrected chi connectivity index (χ3v) is 5.85. The summed E-state index contributed by atoms with van der Waals surface area (Å²) >= 11 is 14.1. The topological polar surface area (TPSA) is 64.9 Å². The van der Waals surface area contributed by atoms with Gasteiger partial charge in [-0.2, -0.15) is 0 Å². The maximum Gasteiger partial charge on any atom is 0.126 e. The Kier molecular flexibility index (Phi) is 4.01. The summed E-state index contributed by atoms with van der Waals surface area (Å²) in [6.07, 6.45) is 6.12. The number of allylic oxidation sites excluding steroid dienone is 1. The van der Waals surface area contributed by atoms with Crippen LogP contribution in [0.2, 0.25) is 10.0 Å². The van der Waals surface area contributed by atoms with E-state index in [1.165, 1.54) is 16.9 Å². The van der Waals surface area contributed by atoms with Gasteiger partial charge in [-0.05, 0) is 42.2 Å². The van der Waals surface area contributed by atoms with E-state index in [-0.39, 0.29) is 0 Å². The number of hydrogen-bond acceptors (Lipinski definition) is 4. The van der Waals surface area contributed by atoms with Crippen LogP contribution in [-0.4, -0.2) is 4.98 Å². The molecular weight excluding hydrogens is 361 g/mol. The zero-order chi connectivity index (χ0) is 16.8. The van der Waals surface area contributed by atoms with E-state index < -0.39 is 0 Å². The number of anilines is 1. The Labute approximate surface area is 153 Å². The molecule has 4 N–H and O–H groups in total. The summed E-state index contributed by atoms with van der Waals surface area (Å²) < 4.78 is 0. The smallest absolute Gasteiger partial charge is 0.126 e. The van der Waals surface area contributed by atoms with E-state index in [1.807, 2.05) is 12.1 Å². The molecule has 0 amide bonds. The van der Waals surface area contributed by atoms with Crippen molar-refractivity contribution >= 4 is 55.8 Å². The maximum atomic E-state index is 6.53. The molecule has 24 heavy (non-hydrogen) atoms. The molecule has 3 aromatic rings. The Bertz CT molecular complexity index is 992. The Balaban J connectivity index is 2.17. The fourth-order valence-corrected chi connectivity index (χ4v) is 4.76. The van der Waals surface area contributed by atoms with Crippen molar-refractivity contribution in [1.82, 2.24) is 4.98 Å². The predicted octanol–water partition coefficient (Wildman–Crippen LogP) is 5.27. The van der Waals surface area contributed by atoms with Crippen LogP contribution in [0.15, 0.2) is 24.3 Å². The van der Waals surface area contributed by atoms with Gasteiger partial charge in [-0.25, -0.2) is 4.98 Å². The molecule has 0 aliphatic heterocycles. The molecule has 0 fully saturated rings. The number of fused-ring (bicyclic) bond motifs is 2. The summed E-state index contributed by atoms with van der Waals surface area (Å²) in [5.41, 5.74) is 17.3. The molecule has 2 heterocycles. The molecule has 1 aliphatic carbocycles. The van der Waals surface area contributed by atoms with Crippen molar-refractivity contribution < 1.29 is 0 Å². The lowest BCUT2D eigenvalue weighted by molar-refractivity contribution is 0.974. The van der Waals surface area contributed by atoms with Crippen LogP contribution >= 0.6 is 34.5 Å². The minimum absolute atomic E-state index is 0.375. The lowest BCUT2D eigenvalue weighted by Gasteiger charge is -2.18. The van der Waals surface area contributed by atoms with E-state index in [9.17, 15) is 0 Å². The van der Waals surface area contributed by atoms with Crippen LogP contribution in [0.5, 0.6) is 0 Å². The fourth-order valence-electron chi connectivity index (χ4n) is 3.27. The molecule has 122 valence electrons. The molecule has 6 heteroatoms. The average molecular weight is 376 g/mol. The van der Waals surface area contributed by atoms with Gasteiger partial charge in [0.25, 0.3) is 0 Å². The lowest BCUT2D eigenvalue weighted by Crippen LogP contribution is -2.04. The minimum Gasteiger partial charge on any atom is -0.390 e. The number of aromatic nitrogens is 1. The van der Waals surface area contributed by atoms with Crippen molar-refractivity contribution in [2.45, 2.75) is 19.4 Å². The molecule has 0 bridgehead atoms. The van der Waals surface area contributed by atoms with Gasteiger partial charge in [0.2, 0.25) is 0 Å². The van der Waals surface area contributed by atoms with Gasteiger partial charge in [0.1, 0.15) is 4.83 Å². The number of nitrogens with zero attached hydrogens (tertiary/aromatic N) is 1. The van der Waals surface area contributed by atoms with E-state index in [1.54, 1.807) is 6.07 Å². The summed E-state index contributed by atoms with van der Waals surface area (Å²) in [7, 11) is 0. The minimum atomic E-state index is 0.375. The van der Waals surface area contributed by atoms with Gasteiger partial charge < -0.3 is 11.5 Å². The Morgan fingerprint density at radius 2 is 2.08 bits per heavy atom. The number of halogens is 2. The lowest BCUT2D eigenvalue weighted by atomic mass is 9.89. The molecule has 0 radical (unpaired) electrons. The number of rotatable bonds is 2. The van der Waals surface area contributed by atoms with Gasteiger partial charge in [0.15, 0.2) is 0 Å². The molecule has 3 nitrogen and oxygen atoms in total. The molecule has 0 spiro atoms. The zero-order valence-corrected chi connectivity index (χ0v) is 15.1. The Morgan fingerprint density at radius 1 is 1.25 bits per heavy atom. The van der Waals surface area contributed by atoms with Gasteiger partial charge in [-0.15, -0.1) is 0 Å². The van der Waals surface area contributed by atoms with Crippen LogP contribution in [0.1, 0.15) is 23.2 Å². The number of benzene rings is 1. The van der Waals surface area contributed by atoms with Crippen molar-refractivity contribution in [2.24, 2.45) is 5.73 Å². The highest BCUT2D eigenvalue weighted by Gasteiger charge is 2.23. The van der Waals surface area contributed by atoms with Crippen LogP contribution in [0.3, 0.4) is 0 Å². The van der Waals surface area contributed by atoms with Crippen LogP contribution in [0.25, 0.3) is 27.4 Å². The normalized spacial score (nSPS) is 13.5. The molecule has 0 unspecified atom stereocenters. The van der Waals surface area contributed by atoms with Gasteiger partial charge >= 0.3 is 0 Å². The maximum absolute atomic E-state index is 6.53. The highest BCUT2D eigenvalue weighted by Crippen LogP contribution is 2.45. The molecule has 2 aromatic heterocycles. The molecule has 1 aromatic carbocycles. The molecule has 0 saturated heterocycles. The molecule has 1 aliphatic rings. The van der Waals surface area contributed by atoms with Crippen LogP contribution < -0.4 is 11.5 Å². The summed E-state index contributed by atoms with van der Waals surface area (Å²) in [5, 5.41) is 2.99. The monoisotopic (exact) mass is 375 g/mol. The first-order valence-electron chi connectivity index (χ1n) is 7.66. The third kappa shape index (κ3) is 2.42. The van der Waals surface area contributed by atoms with Crippen molar-refractivity contribution in [3.05, 3.63) is 51.1 Å². The molecule has 0 saturated carbocycles. The standard InChI is InChI=1S/C18H15Cl2N3S/c19-9-5-6-10(13(20)7-9)15-11-3-1-2-4-14(11)23-18-16(15)12(8-21)17(22)24-18/h2,4-7H,1,3,8,21-22H2. The SMILES string of the molecule is NCc1c(N)sc2nc3c(c(-c4ccc(Cl)cc4Cl)c12)CCC=C3. The van der Waals surface area contributed by atoms with Crippen molar-refractivity contribution in [1.29, 1.82) is 0 Å². The first-order chi connectivity index (χ1) is 11.6. The van der Waals surface area contributed by atoms with Crippen LogP contribution in [-0.2, 0) is 13.0 Å². The summed E-state index contributed by atoms with van der Waals surface area (Å²) in [5.74, 6) is 0.